The summed E-state index contributed by atoms with van der Waals surface area (Å²) in [5.74, 6) is 1.42. The summed E-state index contributed by atoms with van der Waals surface area (Å²) in [5, 5.41) is 4.26. The molecule has 6 heteroatoms. The van der Waals surface area contributed by atoms with Gasteiger partial charge in [0.05, 0.1) is 18.4 Å². The van der Waals surface area contributed by atoms with Crippen LogP contribution in [0.5, 0.6) is 5.75 Å². The number of methoxy groups -OCH3 is 1. The monoisotopic (exact) mass is 390 g/mol. The van der Waals surface area contributed by atoms with Gasteiger partial charge in [-0.2, -0.15) is 0 Å². The van der Waals surface area contributed by atoms with E-state index in [1.54, 1.807) is 13.3 Å². The Kier molecular flexibility index (Phi) is 5.34. The van der Waals surface area contributed by atoms with Crippen molar-refractivity contribution in [2.45, 2.75) is 26.7 Å². The second-order valence-electron chi connectivity index (χ2n) is 7.70. The van der Waals surface area contributed by atoms with Crippen LogP contribution in [-0.4, -0.2) is 41.0 Å². The van der Waals surface area contributed by atoms with E-state index in [2.05, 4.69) is 22.2 Å². The van der Waals surface area contributed by atoms with E-state index in [4.69, 9.17) is 4.74 Å². The molecule has 0 aliphatic carbocycles. The van der Waals surface area contributed by atoms with Gasteiger partial charge < -0.3 is 15.0 Å². The van der Waals surface area contributed by atoms with Gasteiger partial charge in [0.25, 0.3) is 5.91 Å². The third-order valence-electron chi connectivity index (χ3n) is 5.51. The maximum Gasteiger partial charge on any atom is 0.257 e. The summed E-state index contributed by atoms with van der Waals surface area (Å²) in [6.45, 7) is 5.74. The highest BCUT2D eigenvalue weighted by atomic mass is 16.5. The molecular weight excluding hydrogens is 364 g/mol. The summed E-state index contributed by atoms with van der Waals surface area (Å²) in [6.07, 6.45) is 3.72. The Bertz CT molecular complexity index is 1040. The molecule has 2 aromatic heterocycles. The van der Waals surface area contributed by atoms with Crippen molar-refractivity contribution >= 4 is 28.3 Å². The molecule has 1 N–H and O–H groups in total. The second-order valence-corrected chi connectivity index (χ2v) is 7.70. The van der Waals surface area contributed by atoms with Gasteiger partial charge in [-0.15, -0.1) is 0 Å². The minimum atomic E-state index is 0.0114. The van der Waals surface area contributed by atoms with Crippen molar-refractivity contribution in [1.82, 2.24) is 14.9 Å². The number of amides is 1. The molecule has 1 amide bonds. The van der Waals surface area contributed by atoms with Crippen molar-refractivity contribution < 1.29 is 9.53 Å². The topological polar surface area (TPSA) is 67.3 Å². The summed E-state index contributed by atoms with van der Waals surface area (Å²) in [5.41, 5.74) is 3.67. The summed E-state index contributed by atoms with van der Waals surface area (Å²) >= 11 is 0. The molecule has 0 radical (unpaired) electrons. The SMILES string of the molecule is COc1cccc(Nc2c(C(=O)N3CCC(C)CC3)cnc3nc(C)ccc23)c1. The number of piperidine rings is 1. The van der Waals surface area contributed by atoms with E-state index >= 15 is 0 Å². The molecule has 29 heavy (non-hydrogen) atoms. The lowest BCUT2D eigenvalue weighted by atomic mass is 9.98. The van der Waals surface area contributed by atoms with E-state index in [-0.39, 0.29) is 5.91 Å². The van der Waals surface area contributed by atoms with E-state index < -0.39 is 0 Å². The van der Waals surface area contributed by atoms with Gasteiger partial charge in [0.2, 0.25) is 0 Å². The lowest BCUT2D eigenvalue weighted by molar-refractivity contribution is 0.0698. The first kappa shape index (κ1) is 19.2. The number of pyridine rings is 2. The molecule has 150 valence electrons. The minimum Gasteiger partial charge on any atom is -0.497 e. The second kappa shape index (κ2) is 8.07. The van der Waals surface area contributed by atoms with Gasteiger partial charge in [0.1, 0.15) is 5.75 Å². The molecule has 1 fully saturated rings. The molecule has 1 saturated heterocycles. The normalized spacial score (nSPS) is 14.8. The molecule has 1 aliphatic heterocycles. The van der Waals surface area contributed by atoms with Gasteiger partial charge in [-0.1, -0.05) is 13.0 Å². The van der Waals surface area contributed by atoms with Crippen LogP contribution in [0.2, 0.25) is 0 Å². The van der Waals surface area contributed by atoms with Crippen molar-refractivity contribution in [1.29, 1.82) is 0 Å². The maximum absolute atomic E-state index is 13.4. The van der Waals surface area contributed by atoms with E-state index in [1.165, 1.54) is 0 Å². The van der Waals surface area contributed by atoms with Crippen LogP contribution < -0.4 is 10.1 Å². The number of fused-ring (bicyclic) bond motifs is 1. The third kappa shape index (κ3) is 4.01. The zero-order chi connectivity index (χ0) is 20.4. The van der Waals surface area contributed by atoms with Crippen LogP contribution >= 0.6 is 0 Å². The molecular formula is C23H26N4O2. The number of likely N-dealkylation sites (tertiary alicyclic amines) is 1. The summed E-state index contributed by atoms with van der Waals surface area (Å²) < 4.78 is 5.34. The fourth-order valence-corrected chi connectivity index (χ4v) is 3.70. The van der Waals surface area contributed by atoms with Crippen molar-refractivity contribution in [3.05, 3.63) is 53.9 Å². The van der Waals surface area contributed by atoms with E-state index in [1.807, 2.05) is 48.2 Å². The number of anilines is 2. The van der Waals surface area contributed by atoms with Gasteiger partial charge in [-0.3, -0.25) is 4.79 Å². The maximum atomic E-state index is 13.4. The largest absolute Gasteiger partial charge is 0.497 e. The quantitative estimate of drug-likeness (QED) is 0.707. The van der Waals surface area contributed by atoms with Crippen LogP contribution in [-0.2, 0) is 0 Å². The predicted octanol–water partition coefficient (Wildman–Crippen LogP) is 4.56. The van der Waals surface area contributed by atoms with Crippen molar-refractivity contribution in [2.75, 3.05) is 25.5 Å². The third-order valence-corrected chi connectivity index (χ3v) is 5.51. The first-order valence-electron chi connectivity index (χ1n) is 10.0. The van der Waals surface area contributed by atoms with Crippen LogP contribution in [0.4, 0.5) is 11.4 Å². The summed E-state index contributed by atoms with van der Waals surface area (Å²) in [6, 6.07) is 11.6. The summed E-state index contributed by atoms with van der Waals surface area (Å²) in [7, 11) is 1.64. The molecule has 0 bridgehead atoms. The number of ether oxygens (including phenoxy) is 1. The number of carbonyl (C=O) groups is 1. The molecule has 1 aromatic carbocycles. The Morgan fingerprint density at radius 3 is 2.76 bits per heavy atom. The lowest BCUT2D eigenvalue weighted by Crippen LogP contribution is -2.38. The van der Waals surface area contributed by atoms with Gasteiger partial charge in [-0.05, 0) is 49.9 Å². The number of aromatic nitrogens is 2. The lowest BCUT2D eigenvalue weighted by Gasteiger charge is -2.31. The number of nitrogens with zero attached hydrogens (tertiary/aromatic N) is 3. The van der Waals surface area contributed by atoms with Crippen LogP contribution in [0.15, 0.2) is 42.6 Å². The minimum absolute atomic E-state index is 0.0114. The van der Waals surface area contributed by atoms with Crippen molar-refractivity contribution in [3.63, 3.8) is 0 Å². The van der Waals surface area contributed by atoms with Gasteiger partial charge in [0.15, 0.2) is 5.65 Å². The van der Waals surface area contributed by atoms with E-state index in [0.717, 1.165) is 54.1 Å². The fourth-order valence-electron chi connectivity index (χ4n) is 3.70. The highest BCUT2D eigenvalue weighted by molar-refractivity contribution is 6.07. The Morgan fingerprint density at radius 2 is 2.00 bits per heavy atom. The van der Waals surface area contributed by atoms with Crippen LogP contribution in [0.25, 0.3) is 11.0 Å². The first-order chi connectivity index (χ1) is 14.0. The van der Waals surface area contributed by atoms with Crippen molar-refractivity contribution in [2.24, 2.45) is 5.92 Å². The highest BCUT2D eigenvalue weighted by Gasteiger charge is 2.25. The molecule has 0 atom stereocenters. The summed E-state index contributed by atoms with van der Waals surface area (Å²) in [4.78, 5) is 24.3. The Balaban J connectivity index is 1.78. The van der Waals surface area contributed by atoms with Crippen LogP contribution in [0.3, 0.4) is 0 Å². The number of benzene rings is 1. The van der Waals surface area contributed by atoms with Gasteiger partial charge >= 0.3 is 0 Å². The standard InChI is InChI=1S/C23H26N4O2/c1-15-9-11-27(12-10-15)23(28)20-14-24-22-19(8-7-16(2)25-22)21(20)26-17-5-4-6-18(13-17)29-3/h4-8,13-15H,9-12H2,1-3H3,(H,24,25,26). The first-order valence-corrected chi connectivity index (χ1v) is 10.0. The molecule has 3 heterocycles. The van der Waals surface area contributed by atoms with Crippen LogP contribution in [0.1, 0.15) is 35.8 Å². The van der Waals surface area contributed by atoms with Gasteiger partial charge in [0, 0.05) is 42.1 Å². The zero-order valence-corrected chi connectivity index (χ0v) is 17.1. The van der Waals surface area contributed by atoms with E-state index in [0.29, 0.717) is 17.1 Å². The molecule has 0 saturated carbocycles. The number of carbonyl (C=O) groups excluding carboxylic acids is 1. The Labute approximate surface area is 170 Å². The average molecular weight is 390 g/mol. The molecule has 3 aromatic rings. The number of hydrogen-bond donors (Lipinski definition) is 1. The highest BCUT2D eigenvalue weighted by Crippen LogP contribution is 2.31. The van der Waals surface area contributed by atoms with Crippen molar-refractivity contribution in [3.8, 4) is 5.75 Å². The predicted molar refractivity (Wildman–Crippen MR) is 115 cm³/mol. The molecule has 4 rings (SSSR count). The molecule has 0 unspecified atom stereocenters. The van der Waals surface area contributed by atoms with Gasteiger partial charge in [-0.25, -0.2) is 9.97 Å². The molecule has 0 spiro atoms. The zero-order valence-electron chi connectivity index (χ0n) is 17.1. The number of hydrogen-bond acceptors (Lipinski definition) is 5. The molecule has 1 aliphatic rings. The van der Waals surface area contributed by atoms with Crippen LogP contribution in [0, 0.1) is 12.8 Å². The number of rotatable bonds is 4. The van der Waals surface area contributed by atoms with E-state index in [9.17, 15) is 4.79 Å². The fraction of sp³-hybridized carbons (Fsp3) is 0.348. The smallest absolute Gasteiger partial charge is 0.257 e. The average Bonchev–Trinajstić information content (AvgIpc) is 2.74. The molecule has 6 nitrogen and oxygen atoms in total. The Hall–Kier alpha value is -3.15. The Morgan fingerprint density at radius 1 is 1.21 bits per heavy atom. The number of aryl methyl sites for hydroxylation is 1. The number of nitrogens with one attached hydrogen (secondary N) is 1.